The van der Waals surface area contributed by atoms with Crippen molar-refractivity contribution in [1.82, 2.24) is 4.37 Å². The van der Waals surface area contributed by atoms with Gasteiger partial charge in [-0.25, -0.2) is 0 Å². The second kappa shape index (κ2) is 4.12. The van der Waals surface area contributed by atoms with Gasteiger partial charge >= 0.3 is 0 Å². The Hall–Kier alpha value is -0.770. The Bertz CT molecular complexity index is 452. The minimum absolute atomic E-state index is 0.723. The van der Waals surface area contributed by atoms with Crippen LogP contribution in [0, 0.1) is 5.92 Å². The van der Waals surface area contributed by atoms with Gasteiger partial charge in [0.25, 0.3) is 0 Å². The fourth-order valence-corrected chi connectivity index (χ4v) is 4.95. The molecule has 2 N–H and O–H groups in total. The van der Waals surface area contributed by atoms with Crippen LogP contribution in [0.1, 0.15) is 56.4 Å². The van der Waals surface area contributed by atoms with Crippen molar-refractivity contribution >= 4 is 22.4 Å². The third-order valence-electron chi connectivity index (χ3n) is 4.98. The number of nitrogens with two attached hydrogens (primary N) is 1. The van der Waals surface area contributed by atoms with Gasteiger partial charge in [0, 0.05) is 18.2 Å². The van der Waals surface area contributed by atoms with Crippen LogP contribution < -0.4 is 10.6 Å². The van der Waals surface area contributed by atoms with E-state index in [4.69, 9.17) is 5.73 Å². The monoisotopic (exact) mass is 263 g/mol. The van der Waals surface area contributed by atoms with Gasteiger partial charge in [-0.3, -0.25) is 0 Å². The lowest BCUT2D eigenvalue weighted by atomic mass is 9.92. The third-order valence-corrected chi connectivity index (χ3v) is 5.89. The number of fused-ring (bicyclic) bond motifs is 1. The summed E-state index contributed by atoms with van der Waals surface area (Å²) in [5.74, 6) is 2.48. The van der Waals surface area contributed by atoms with E-state index < -0.39 is 0 Å². The summed E-state index contributed by atoms with van der Waals surface area (Å²) in [6.45, 7) is 1.22. The van der Waals surface area contributed by atoms with Gasteiger partial charge in [-0.2, -0.15) is 4.37 Å². The molecule has 3 aliphatic rings. The maximum atomic E-state index is 6.10. The van der Waals surface area contributed by atoms with Gasteiger partial charge in [-0.15, -0.1) is 0 Å². The van der Waals surface area contributed by atoms with Crippen LogP contribution in [0.5, 0.6) is 0 Å². The van der Waals surface area contributed by atoms with Gasteiger partial charge in [-0.1, -0.05) is 6.42 Å². The van der Waals surface area contributed by atoms with E-state index >= 15 is 0 Å². The van der Waals surface area contributed by atoms with Crippen molar-refractivity contribution in [2.45, 2.75) is 56.9 Å². The topological polar surface area (TPSA) is 42.1 Å². The van der Waals surface area contributed by atoms with E-state index in [1.54, 1.807) is 11.5 Å². The first-order valence-electron chi connectivity index (χ1n) is 7.36. The highest BCUT2D eigenvalue weighted by atomic mass is 32.1. The molecule has 3 fully saturated rings. The molecule has 0 bridgehead atoms. The number of rotatable bonds is 2. The average Bonchev–Trinajstić information content (AvgIpc) is 2.97. The molecular weight excluding hydrogens is 242 g/mol. The van der Waals surface area contributed by atoms with Crippen molar-refractivity contribution in [1.29, 1.82) is 0 Å². The van der Waals surface area contributed by atoms with E-state index in [1.807, 2.05) is 0 Å². The molecule has 2 unspecified atom stereocenters. The molecule has 2 atom stereocenters. The number of anilines is 2. The normalized spacial score (nSPS) is 31.7. The predicted molar refractivity (Wildman–Crippen MR) is 76.2 cm³/mol. The number of nitrogen functional groups attached to an aromatic ring is 1. The first kappa shape index (κ1) is 11.1. The molecule has 1 saturated heterocycles. The zero-order chi connectivity index (χ0) is 12.1. The van der Waals surface area contributed by atoms with E-state index in [-0.39, 0.29) is 0 Å². The molecular formula is C14H21N3S. The van der Waals surface area contributed by atoms with Gasteiger partial charge < -0.3 is 10.6 Å². The summed E-state index contributed by atoms with van der Waals surface area (Å²) in [4.78, 5) is 2.67. The molecule has 2 aliphatic carbocycles. The van der Waals surface area contributed by atoms with Crippen molar-refractivity contribution in [3.05, 3.63) is 5.56 Å². The maximum absolute atomic E-state index is 6.10. The molecule has 1 aliphatic heterocycles. The van der Waals surface area contributed by atoms with Gasteiger partial charge in [-0.05, 0) is 61.9 Å². The van der Waals surface area contributed by atoms with Crippen molar-refractivity contribution in [2.75, 3.05) is 17.2 Å². The number of aromatic nitrogens is 1. The first-order valence-corrected chi connectivity index (χ1v) is 8.13. The van der Waals surface area contributed by atoms with Crippen molar-refractivity contribution in [3.8, 4) is 0 Å². The highest BCUT2D eigenvalue weighted by molar-refractivity contribution is 7.10. The number of nitrogens with zero attached hydrogens (tertiary/aromatic N) is 2. The summed E-state index contributed by atoms with van der Waals surface area (Å²) >= 11 is 1.65. The number of hydrogen-bond acceptors (Lipinski definition) is 4. The molecule has 0 radical (unpaired) electrons. The smallest absolute Gasteiger partial charge is 0.142 e. The van der Waals surface area contributed by atoms with E-state index in [9.17, 15) is 0 Å². The predicted octanol–water partition coefficient (Wildman–Crippen LogP) is 3.37. The Kier molecular flexibility index (Phi) is 2.54. The summed E-state index contributed by atoms with van der Waals surface area (Å²) in [6.07, 6.45) is 9.66. The minimum atomic E-state index is 0.723. The summed E-state index contributed by atoms with van der Waals surface area (Å²) in [6, 6.07) is 0.788. The minimum Gasteiger partial charge on any atom is -0.383 e. The van der Waals surface area contributed by atoms with Crippen LogP contribution in [0.3, 0.4) is 0 Å². The second-order valence-electron chi connectivity index (χ2n) is 6.15. The van der Waals surface area contributed by atoms with Crippen LogP contribution in [-0.2, 0) is 0 Å². The van der Waals surface area contributed by atoms with Crippen LogP contribution in [0.25, 0.3) is 0 Å². The van der Waals surface area contributed by atoms with Gasteiger partial charge in [0.2, 0.25) is 0 Å². The van der Waals surface area contributed by atoms with E-state index in [0.29, 0.717) is 0 Å². The Morgan fingerprint density at radius 3 is 2.78 bits per heavy atom. The van der Waals surface area contributed by atoms with Crippen molar-refractivity contribution < 1.29 is 0 Å². The standard InChI is InChI=1S/C14H21N3S/c15-13-12(10-6-7-10)14(18-16-13)17-8-2-4-9-3-1-5-11(9)17/h9-11H,1-8H2,(H2,15,16). The lowest BCUT2D eigenvalue weighted by Gasteiger charge is -2.39. The molecule has 0 aromatic carbocycles. The molecule has 1 aromatic heterocycles. The molecule has 4 heteroatoms. The maximum Gasteiger partial charge on any atom is 0.142 e. The molecule has 18 heavy (non-hydrogen) atoms. The molecule has 0 spiro atoms. The Labute approximate surface area is 113 Å². The fraction of sp³-hybridized carbons (Fsp3) is 0.786. The van der Waals surface area contributed by atoms with Gasteiger partial charge in [0.05, 0.1) is 0 Å². The quantitative estimate of drug-likeness (QED) is 0.889. The van der Waals surface area contributed by atoms with Crippen LogP contribution >= 0.6 is 11.5 Å². The van der Waals surface area contributed by atoms with Gasteiger partial charge in [0.15, 0.2) is 0 Å². The molecule has 2 saturated carbocycles. The molecule has 2 heterocycles. The first-order chi connectivity index (χ1) is 8.84. The summed E-state index contributed by atoms with van der Waals surface area (Å²) in [7, 11) is 0. The van der Waals surface area contributed by atoms with Crippen LogP contribution in [-0.4, -0.2) is 17.0 Å². The molecule has 98 valence electrons. The van der Waals surface area contributed by atoms with Crippen LogP contribution in [0.4, 0.5) is 10.8 Å². The van der Waals surface area contributed by atoms with E-state index in [2.05, 4.69) is 9.27 Å². The summed E-state index contributed by atoms with van der Waals surface area (Å²) in [5, 5.41) is 1.42. The summed E-state index contributed by atoms with van der Waals surface area (Å²) in [5.41, 5.74) is 7.49. The number of hydrogen-bond donors (Lipinski definition) is 1. The third kappa shape index (κ3) is 1.65. The van der Waals surface area contributed by atoms with Crippen molar-refractivity contribution in [3.63, 3.8) is 0 Å². The van der Waals surface area contributed by atoms with E-state index in [0.717, 1.165) is 23.7 Å². The Morgan fingerprint density at radius 2 is 1.94 bits per heavy atom. The zero-order valence-electron chi connectivity index (χ0n) is 10.8. The Morgan fingerprint density at radius 1 is 1.11 bits per heavy atom. The van der Waals surface area contributed by atoms with Gasteiger partial charge in [0.1, 0.15) is 10.8 Å². The van der Waals surface area contributed by atoms with Crippen LogP contribution in [0.2, 0.25) is 0 Å². The average molecular weight is 263 g/mol. The SMILES string of the molecule is Nc1nsc(N2CCCC3CCCC32)c1C1CC1. The zero-order valence-corrected chi connectivity index (χ0v) is 11.6. The molecule has 4 rings (SSSR count). The highest BCUT2D eigenvalue weighted by Crippen LogP contribution is 2.51. The molecule has 1 aromatic rings. The lowest BCUT2D eigenvalue weighted by Crippen LogP contribution is -2.42. The number of piperidine rings is 1. The Balaban J connectivity index is 1.69. The molecule has 3 nitrogen and oxygen atoms in total. The highest BCUT2D eigenvalue weighted by Gasteiger charge is 2.39. The lowest BCUT2D eigenvalue weighted by molar-refractivity contribution is 0.363. The summed E-state index contributed by atoms with van der Waals surface area (Å²) < 4.78 is 4.44. The molecule has 0 amide bonds. The largest absolute Gasteiger partial charge is 0.383 e. The second-order valence-corrected chi connectivity index (χ2v) is 6.91. The van der Waals surface area contributed by atoms with Crippen molar-refractivity contribution in [2.24, 2.45) is 5.92 Å². The fourth-order valence-electron chi connectivity index (χ4n) is 3.97. The van der Waals surface area contributed by atoms with E-state index in [1.165, 1.54) is 62.1 Å². The van der Waals surface area contributed by atoms with Crippen LogP contribution in [0.15, 0.2) is 0 Å².